The standard InChI is InChI=1S/2C21H16N2O2.C21H16N2OS.C20H15N3O2/c1-14-21(23-13-25-14)20(24)10-15-7-8-17-11-18(12-22-19(17)9-15)16-5-3-2-4-6-16;1-14-21(25-13-23-14)20(24)10-15-7-8-17-11-18(12-22-19(17)9-15)16-5-3-2-4-6-16;1-14-21(23-13-25-14)20(24)10-15-7-8-17-11-18(12-22-19(17)9-15)16-5-3-2-4-6-16;1-13-20(23-25-22-13)19(24)10-14-7-8-16-11-17(12-21-18(16)9-14)15-5-3-2-4-6-15/h3*2-9,11-13H,10H2,1H3;2-9,11-12H,10H2,1H3. The fourth-order valence-electron chi connectivity index (χ4n) is 11.5. The molecule has 0 aliphatic rings. The van der Waals surface area contributed by atoms with E-state index in [2.05, 4.69) is 123 Å². The van der Waals surface area contributed by atoms with Crippen LogP contribution in [-0.2, 0) is 25.7 Å². The van der Waals surface area contributed by atoms with E-state index in [1.165, 1.54) is 24.1 Å². The molecular formula is C83H63N9O7S. The molecular weight excluding hydrogens is 1270 g/mol. The van der Waals surface area contributed by atoms with Gasteiger partial charge in [0.1, 0.15) is 22.8 Å². The number of oxazole rings is 2. The summed E-state index contributed by atoms with van der Waals surface area (Å²) in [5, 5.41) is 11.5. The molecule has 0 aliphatic carbocycles. The van der Waals surface area contributed by atoms with Crippen LogP contribution in [0.25, 0.3) is 88.1 Å². The van der Waals surface area contributed by atoms with Crippen molar-refractivity contribution in [3.63, 3.8) is 0 Å². The van der Waals surface area contributed by atoms with Crippen molar-refractivity contribution >= 4 is 78.1 Å². The number of aryl methyl sites for hydroxylation is 4. The highest BCUT2D eigenvalue weighted by molar-refractivity contribution is 7.09. The third kappa shape index (κ3) is 15.9. The Hall–Kier alpha value is -12.7. The van der Waals surface area contributed by atoms with Crippen LogP contribution in [0.5, 0.6) is 0 Å². The molecule has 0 fully saturated rings. The molecule has 8 heterocycles. The van der Waals surface area contributed by atoms with E-state index in [4.69, 9.17) is 8.83 Å². The molecule has 0 atom stereocenters. The third-order valence-electron chi connectivity index (χ3n) is 16.8. The van der Waals surface area contributed by atoms with Gasteiger partial charge in [0.15, 0.2) is 41.6 Å². The molecule has 0 amide bonds. The molecule has 0 aliphatic heterocycles. The summed E-state index contributed by atoms with van der Waals surface area (Å²) in [6.07, 6.45) is 11.2. The van der Waals surface area contributed by atoms with Gasteiger partial charge < -0.3 is 8.83 Å². The van der Waals surface area contributed by atoms with Gasteiger partial charge >= 0.3 is 0 Å². The van der Waals surface area contributed by atoms with Gasteiger partial charge in [-0.3, -0.25) is 39.1 Å². The van der Waals surface area contributed by atoms with Gasteiger partial charge in [0.05, 0.1) is 33.3 Å². The first-order valence-corrected chi connectivity index (χ1v) is 33.1. The first-order chi connectivity index (χ1) is 48.8. The Kier molecular flexibility index (Phi) is 20.1. The normalized spacial score (nSPS) is 10.9. The van der Waals surface area contributed by atoms with E-state index in [0.29, 0.717) is 40.7 Å². The zero-order valence-electron chi connectivity index (χ0n) is 54.9. The zero-order chi connectivity index (χ0) is 68.9. The summed E-state index contributed by atoms with van der Waals surface area (Å²) < 4.78 is 14.9. The van der Waals surface area contributed by atoms with E-state index in [1.807, 2.05) is 177 Å². The first-order valence-electron chi connectivity index (χ1n) is 32.2. The number of carbonyl (C=O) groups is 4. The number of pyridine rings is 4. The number of ketones is 4. The number of Topliss-reactive ketones (excluding diaryl/α,β-unsaturated/α-hetero) is 4. The van der Waals surface area contributed by atoms with Crippen LogP contribution in [0.1, 0.15) is 86.3 Å². The Balaban J connectivity index is 0.000000119. The number of fused-ring (bicyclic) bond motifs is 4. The highest BCUT2D eigenvalue weighted by atomic mass is 32.1. The summed E-state index contributed by atoms with van der Waals surface area (Å²) in [5.74, 6) is 0.698. The van der Waals surface area contributed by atoms with Crippen molar-refractivity contribution in [2.45, 2.75) is 53.4 Å². The fraction of sp³-hybridized carbons (Fsp3) is 0.0964. The van der Waals surface area contributed by atoms with Crippen LogP contribution in [0.2, 0.25) is 0 Å². The predicted octanol–water partition coefficient (Wildman–Crippen LogP) is 18.4. The maximum Gasteiger partial charge on any atom is 0.204 e. The van der Waals surface area contributed by atoms with Crippen LogP contribution in [0, 0.1) is 27.7 Å². The second kappa shape index (κ2) is 30.6. The molecule has 0 N–H and O–H groups in total. The lowest BCUT2D eigenvalue weighted by Gasteiger charge is -2.06. The molecule has 0 spiro atoms. The SMILES string of the molecule is Cc1ncoc1C(=O)Cc1ccc2cc(-c3ccccc3)cnc2c1.Cc1nonc1C(=O)Cc1ccc2cc(-c3ccccc3)cnc2c1.Cc1ocnc1C(=O)Cc1ccc2cc(-c3ccccc3)cnc2c1.Cc1scnc1C(=O)Cc1ccc2cc(-c3ccccc3)cnc2c1. The van der Waals surface area contributed by atoms with Gasteiger partial charge in [0, 0.05) is 99.1 Å². The highest BCUT2D eigenvalue weighted by Crippen LogP contribution is 2.29. The van der Waals surface area contributed by atoms with Crippen LogP contribution in [-0.4, -0.2) is 68.3 Å². The summed E-state index contributed by atoms with van der Waals surface area (Å²) in [6, 6.07) is 72.9. The second-order valence-electron chi connectivity index (χ2n) is 23.8. The lowest BCUT2D eigenvalue weighted by molar-refractivity contribution is 0.0961. The van der Waals surface area contributed by atoms with Gasteiger partial charge in [-0.2, -0.15) is 0 Å². The average molecular weight is 1330 g/mol. The Morgan fingerprint density at radius 1 is 0.330 bits per heavy atom. The van der Waals surface area contributed by atoms with Crippen LogP contribution in [0.4, 0.5) is 0 Å². The molecule has 17 heteroatoms. The number of benzene rings is 8. The van der Waals surface area contributed by atoms with Crippen LogP contribution < -0.4 is 0 Å². The summed E-state index contributed by atoms with van der Waals surface area (Å²) >= 11 is 1.50. The van der Waals surface area contributed by atoms with Gasteiger partial charge in [-0.25, -0.2) is 19.6 Å². The molecule has 0 bridgehead atoms. The molecule has 0 unspecified atom stereocenters. The topological polar surface area (TPSA) is 224 Å². The third-order valence-corrected chi connectivity index (χ3v) is 17.6. The maximum absolute atomic E-state index is 12.4. The number of carbonyl (C=O) groups excluding carboxylic acids is 4. The Bertz CT molecular complexity index is 4910. The summed E-state index contributed by atoms with van der Waals surface area (Å²) in [4.78, 5) is 80.7. The Labute approximate surface area is 579 Å². The minimum absolute atomic E-state index is 0.0495. The molecule has 16 rings (SSSR count). The predicted molar refractivity (Wildman–Crippen MR) is 389 cm³/mol. The van der Waals surface area contributed by atoms with Crippen molar-refractivity contribution in [1.82, 2.24) is 45.2 Å². The molecule has 8 aromatic carbocycles. The van der Waals surface area contributed by atoms with Crippen molar-refractivity contribution in [3.05, 3.63) is 329 Å². The average Bonchev–Trinajstić information content (AvgIpc) is 0.849. The van der Waals surface area contributed by atoms with Crippen LogP contribution in [0.15, 0.2) is 275 Å². The molecule has 0 saturated carbocycles. The maximum atomic E-state index is 12.4. The minimum Gasteiger partial charge on any atom is -0.448 e. The van der Waals surface area contributed by atoms with Crippen molar-refractivity contribution in [3.8, 4) is 44.5 Å². The van der Waals surface area contributed by atoms with Gasteiger partial charge in [-0.1, -0.05) is 175 Å². The van der Waals surface area contributed by atoms with Gasteiger partial charge in [-0.15, -0.1) is 11.3 Å². The number of rotatable bonds is 16. The smallest absolute Gasteiger partial charge is 0.204 e. The number of thiazole rings is 1. The quantitative estimate of drug-likeness (QED) is 0.0820. The highest BCUT2D eigenvalue weighted by Gasteiger charge is 2.19. The lowest BCUT2D eigenvalue weighted by atomic mass is 10.0. The van der Waals surface area contributed by atoms with Crippen molar-refractivity contribution in [2.24, 2.45) is 0 Å². The number of nitrogens with zero attached hydrogens (tertiary/aromatic N) is 9. The van der Waals surface area contributed by atoms with E-state index >= 15 is 0 Å². The second-order valence-corrected chi connectivity index (χ2v) is 24.9. The minimum atomic E-state index is -0.112. The summed E-state index contributed by atoms with van der Waals surface area (Å²) in [6.45, 7) is 7.14. The molecule has 8 aromatic heterocycles. The monoisotopic (exact) mass is 1330 g/mol. The van der Waals surface area contributed by atoms with E-state index < -0.39 is 0 Å². The van der Waals surface area contributed by atoms with Gasteiger partial charge in [0.25, 0.3) is 0 Å². The molecule has 16 nitrogen and oxygen atoms in total. The molecule has 100 heavy (non-hydrogen) atoms. The molecule has 0 saturated heterocycles. The fourth-order valence-corrected chi connectivity index (χ4v) is 12.1. The molecule has 0 radical (unpaired) electrons. The first kappa shape index (κ1) is 65.9. The van der Waals surface area contributed by atoms with E-state index in [1.54, 1.807) is 26.3 Å². The van der Waals surface area contributed by atoms with E-state index in [0.717, 1.165) is 115 Å². The van der Waals surface area contributed by atoms with Gasteiger partial charge in [-0.05, 0) is 126 Å². The van der Waals surface area contributed by atoms with Crippen LogP contribution >= 0.6 is 11.3 Å². The van der Waals surface area contributed by atoms with E-state index in [-0.39, 0.29) is 48.1 Å². The summed E-state index contributed by atoms with van der Waals surface area (Å²) in [5.41, 5.74) is 20.2. The van der Waals surface area contributed by atoms with Gasteiger partial charge in [0.2, 0.25) is 5.78 Å². The van der Waals surface area contributed by atoms with Crippen molar-refractivity contribution < 1.29 is 32.6 Å². The zero-order valence-corrected chi connectivity index (χ0v) is 55.8. The number of hydrogen-bond acceptors (Lipinski definition) is 17. The summed E-state index contributed by atoms with van der Waals surface area (Å²) in [7, 11) is 0. The molecule has 16 aromatic rings. The van der Waals surface area contributed by atoms with Crippen molar-refractivity contribution in [2.75, 3.05) is 0 Å². The Morgan fingerprint density at radius 2 is 0.690 bits per heavy atom. The van der Waals surface area contributed by atoms with E-state index in [9.17, 15) is 19.2 Å². The lowest BCUT2D eigenvalue weighted by Crippen LogP contribution is -2.05. The molecule has 488 valence electrons. The largest absolute Gasteiger partial charge is 0.448 e. The Morgan fingerprint density at radius 3 is 1.01 bits per heavy atom. The number of aromatic nitrogens is 9. The van der Waals surface area contributed by atoms with Crippen molar-refractivity contribution in [1.29, 1.82) is 0 Å². The van der Waals surface area contributed by atoms with Crippen LogP contribution in [0.3, 0.4) is 0 Å². The number of hydrogen-bond donors (Lipinski definition) is 0.